The van der Waals surface area contributed by atoms with Gasteiger partial charge in [-0.15, -0.1) is 11.3 Å². The first-order chi connectivity index (χ1) is 14.5. The third-order valence-corrected chi connectivity index (χ3v) is 5.38. The molecule has 166 valence electrons. The number of nitrogens with zero attached hydrogens (tertiary/aromatic N) is 3. The molecule has 3 aromatic rings. The second kappa shape index (κ2) is 8.79. The molecule has 31 heavy (non-hydrogen) atoms. The number of hydrogen-bond acceptors (Lipinski definition) is 6. The number of ether oxygens (including phenoxy) is 1. The molecule has 1 N–H and O–H groups in total. The number of aromatic nitrogens is 3. The molecule has 12 heteroatoms. The summed E-state index contributed by atoms with van der Waals surface area (Å²) in [5.41, 5.74) is -2.12. The molecule has 0 aliphatic heterocycles. The summed E-state index contributed by atoms with van der Waals surface area (Å²) in [6.45, 7) is 2.34. The molecule has 0 bridgehead atoms. The van der Waals surface area contributed by atoms with Gasteiger partial charge in [0.1, 0.15) is 10.7 Å². The van der Waals surface area contributed by atoms with Crippen LogP contribution in [0, 0.1) is 6.92 Å². The first kappa shape index (κ1) is 22.9. The van der Waals surface area contributed by atoms with Gasteiger partial charge in [-0.25, -0.2) is 15.0 Å². The Morgan fingerprint density at radius 3 is 2.23 bits per heavy atom. The quantitative estimate of drug-likeness (QED) is 0.464. The topological polar surface area (TPSA) is 59.9 Å². The summed E-state index contributed by atoms with van der Waals surface area (Å²) in [6, 6.07) is 2.75. The van der Waals surface area contributed by atoms with Crippen molar-refractivity contribution < 1.29 is 31.1 Å². The van der Waals surface area contributed by atoms with Gasteiger partial charge in [-0.2, -0.15) is 26.3 Å². The molecular formula is C19H16F6N4OS. The van der Waals surface area contributed by atoms with Crippen LogP contribution in [0.1, 0.15) is 21.7 Å². The molecule has 0 fully saturated rings. The summed E-state index contributed by atoms with van der Waals surface area (Å²) in [6.07, 6.45) is -7.90. The predicted octanol–water partition coefficient (Wildman–Crippen LogP) is 5.88. The van der Waals surface area contributed by atoms with Crippen LogP contribution in [0.2, 0.25) is 0 Å². The highest BCUT2D eigenvalue weighted by atomic mass is 32.1. The minimum absolute atomic E-state index is 0.0579. The van der Waals surface area contributed by atoms with Crippen LogP contribution in [-0.2, 0) is 23.5 Å². The Hall–Kier alpha value is -2.73. The lowest BCUT2D eigenvalue weighted by Gasteiger charge is -2.14. The largest absolute Gasteiger partial charge is 0.416 e. The number of methoxy groups -OCH3 is 1. The molecule has 0 aliphatic rings. The number of alkyl halides is 6. The second-order valence-corrected chi connectivity index (χ2v) is 7.54. The van der Waals surface area contributed by atoms with Gasteiger partial charge in [-0.05, 0) is 31.2 Å². The van der Waals surface area contributed by atoms with Gasteiger partial charge < -0.3 is 10.1 Å². The van der Waals surface area contributed by atoms with E-state index in [1.54, 1.807) is 13.2 Å². The number of halogens is 6. The van der Waals surface area contributed by atoms with Crippen LogP contribution in [0.5, 0.6) is 0 Å². The SMILES string of the molecule is COCCc1sc(-c2ccnc(Nc3cc(C(F)(F)F)cc(C(F)(F)F)c3)n2)nc1C. The average molecular weight is 462 g/mol. The van der Waals surface area contributed by atoms with Gasteiger partial charge in [-0.3, -0.25) is 0 Å². The standard InChI is InChI=1S/C19H16F6N4OS/c1-10-15(4-6-30-2)31-16(27-10)14-3-5-26-17(29-14)28-13-8-11(18(20,21)22)7-12(9-13)19(23,24)25/h3,5,7-9H,4,6H2,1-2H3,(H,26,28,29). The van der Waals surface area contributed by atoms with Crippen molar-refractivity contribution >= 4 is 23.0 Å². The monoisotopic (exact) mass is 462 g/mol. The van der Waals surface area contributed by atoms with Crippen molar-refractivity contribution in [1.82, 2.24) is 15.0 Å². The molecule has 0 saturated heterocycles. The van der Waals surface area contributed by atoms with Gasteiger partial charge in [0.05, 0.1) is 23.4 Å². The van der Waals surface area contributed by atoms with E-state index in [1.807, 2.05) is 6.92 Å². The molecule has 1 aromatic carbocycles. The van der Waals surface area contributed by atoms with Gasteiger partial charge in [-0.1, -0.05) is 0 Å². The maximum absolute atomic E-state index is 13.0. The van der Waals surface area contributed by atoms with Crippen molar-refractivity contribution in [3.05, 3.63) is 52.2 Å². The molecule has 0 radical (unpaired) electrons. The maximum atomic E-state index is 13.0. The number of hydrogen-bond donors (Lipinski definition) is 1. The van der Waals surface area contributed by atoms with E-state index in [4.69, 9.17) is 4.74 Å². The van der Waals surface area contributed by atoms with E-state index in [0.29, 0.717) is 35.9 Å². The molecule has 0 spiro atoms. The van der Waals surface area contributed by atoms with Crippen LogP contribution in [0.25, 0.3) is 10.7 Å². The highest BCUT2D eigenvalue weighted by Gasteiger charge is 2.37. The summed E-state index contributed by atoms with van der Waals surface area (Å²) < 4.78 is 83.3. The molecule has 0 aliphatic carbocycles. The average Bonchev–Trinajstić information content (AvgIpc) is 3.05. The van der Waals surface area contributed by atoms with Crippen LogP contribution >= 0.6 is 11.3 Å². The van der Waals surface area contributed by atoms with Crippen molar-refractivity contribution in [3.8, 4) is 10.7 Å². The highest BCUT2D eigenvalue weighted by Crippen LogP contribution is 2.38. The third-order valence-electron chi connectivity index (χ3n) is 4.14. The van der Waals surface area contributed by atoms with Crippen LogP contribution in [-0.4, -0.2) is 28.7 Å². The summed E-state index contributed by atoms with van der Waals surface area (Å²) >= 11 is 1.37. The summed E-state index contributed by atoms with van der Waals surface area (Å²) in [7, 11) is 1.58. The normalized spacial score (nSPS) is 12.3. The highest BCUT2D eigenvalue weighted by molar-refractivity contribution is 7.15. The van der Waals surface area contributed by atoms with Crippen LogP contribution in [0.4, 0.5) is 38.0 Å². The lowest BCUT2D eigenvalue weighted by molar-refractivity contribution is -0.143. The molecule has 0 amide bonds. The predicted molar refractivity (Wildman–Crippen MR) is 103 cm³/mol. The molecule has 3 rings (SSSR count). The molecule has 2 heterocycles. The fourth-order valence-corrected chi connectivity index (χ4v) is 3.67. The zero-order chi connectivity index (χ0) is 22.8. The Labute approximate surface area is 177 Å². The first-order valence-corrected chi connectivity index (χ1v) is 9.64. The lowest BCUT2D eigenvalue weighted by atomic mass is 10.1. The molecule has 0 atom stereocenters. The smallest absolute Gasteiger partial charge is 0.384 e. The number of benzene rings is 1. The van der Waals surface area contributed by atoms with Gasteiger partial charge in [0, 0.05) is 30.3 Å². The van der Waals surface area contributed by atoms with E-state index in [9.17, 15) is 26.3 Å². The van der Waals surface area contributed by atoms with E-state index in [1.165, 1.54) is 17.5 Å². The Morgan fingerprint density at radius 2 is 1.65 bits per heavy atom. The van der Waals surface area contributed by atoms with Crippen molar-refractivity contribution in [2.75, 3.05) is 19.0 Å². The summed E-state index contributed by atoms with van der Waals surface area (Å²) in [5, 5.41) is 2.98. The zero-order valence-corrected chi connectivity index (χ0v) is 17.0. The van der Waals surface area contributed by atoms with Crippen LogP contribution in [0.3, 0.4) is 0 Å². The lowest BCUT2D eigenvalue weighted by Crippen LogP contribution is -2.12. The van der Waals surface area contributed by atoms with Gasteiger partial charge in [0.15, 0.2) is 0 Å². The van der Waals surface area contributed by atoms with Crippen molar-refractivity contribution in [2.24, 2.45) is 0 Å². The molecular weight excluding hydrogens is 446 g/mol. The van der Waals surface area contributed by atoms with Crippen LogP contribution in [0.15, 0.2) is 30.5 Å². The van der Waals surface area contributed by atoms with Crippen molar-refractivity contribution in [2.45, 2.75) is 25.7 Å². The minimum Gasteiger partial charge on any atom is -0.384 e. The molecule has 0 saturated carbocycles. The Bertz CT molecular complexity index is 1030. The number of nitrogens with one attached hydrogen (secondary N) is 1. The molecule has 0 unspecified atom stereocenters. The fourth-order valence-electron chi connectivity index (χ4n) is 2.66. The van der Waals surface area contributed by atoms with E-state index in [2.05, 4.69) is 20.3 Å². The minimum atomic E-state index is -4.95. The maximum Gasteiger partial charge on any atom is 0.416 e. The van der Waals surface area contributed by atoms with E-state index in [-0.39, 0.29) is 12.0 Å². The second-order valence-electron chi connectivity index (χ2n) is 6.46. The number of aryl methyl sites for hydroxylation is 1. The summed E-state index contributed by atoms with van der Waals surface area (Å²) in [5.74, 6) is -0.156. The van der Waals surface area contributed by atoms with Gasteiger partial charge in [0.2, 0.25) is 5.95 Å². The number of anilines is 2. The number of rotatable bonds is 6. The summed E-state index contributed by atoms with van der Waals surface area (Å²) in [4.78, 5) is 13.5. The Morgan fingerprint density at radius 1 is 1.00 bits per heavy atom. The molecule has 5 nitrogen and oxygen atoms in total. The fraction of sp³-hybridized carbons (Fsp3) is 0.316. The molecule has 2 aromatic heterocycles. The van der Waals surface area contributed by atoms with Gasteiger partial charge >= 0.3 is 12.4 Å². The Balaban J connectivity index is 1.92. The third kappa shape index (κ3) is 5.70. The number of thiazole rings is 1. The Kier molecular flexibility index (Phi) is 6.51. The van der Waals surface area contributed by atoms with Crippen molar-refractivity contribution in [1.29, 1.82) is 0 Å². The van der Waals surface area contributed by atoms with E-state index < -0.39 is 29.2 Å². The van der Waals surface area contributed by atoms with E-state index in [0.717, 1.165) is 10.6 Å². The van der Waals surface area contributed by atoms with E-state index >= 15 is 0 Å². The van der Waals surface area contributed by atoms with Crippen LogP contribution < -0.4 is 5.32 Å². The zero-order valence-electron chi connectivity index (χ0n) is 16.2. The first-order valence-electron chi connectivity index (χ1n) is 8.82. The van der Waals surface area contributed by atoms with Crippen molar-refractivity contribution in [3.63, 3.8) is 0 Å². The van der Waals surface area contributed by atoms with Gasteiger partial charge in [0.25, 0.3) is 0 Å².